The number of nitrogens with one attached hydrogen (secondary N) is 1. The topological polar surface area (TPSA) is 136 Å². The molecule has 0 saturated heterocycles. The first kappa shape index (κ1) is 32.7. The molecule has 0 fully saturated rings. The standard InChI is InChI=1S/C27H41NO10/c1-8-18(5)35-26(31)37-22-11-10-20(16-23(22)38-27(32)36-19(6)9-2)15-21(25(30)33-7)28-12-13-34-24(29)14-17(3)4/h10-11,16-19,21,28H,8-9,12-15H2,1-7H3/t18?,19?,21-/m0/s1. The Morgan fingerprint density at radius 1 is 0.868 bits per heavy atom. The van der Waals surface area contributed by atoms with Crippen LogP contribution in [0.5, 0.6) is 11.5 Å². The number of hydrogen-bond acceptors (Lipinski definition) is 11. The van der Waals surface area contributed by atoms with Crippen LogP contribution in [0.3, 0.4) is 0 Å². The zero-order valence-corrected chi connectivity index (χ0v) is 23.4. The maximum Gasteiger partial charge on any atom is 0.514 e. The number of ether oxygens (including phenoxy) is 6. The number of carbonyl (C=O) groups excluding carboxylic acids is 4. The molecule has 0 aliphatic rings. The summed E-state index contributed by atoms with van der Waals surface area (Å²) in [7, 11) is 1.26. The van der Waals surface area contributed by atoms with E-state index in [9.17, 15) is 19.2 Å². The van der Waals surface area contributed by atoms with Gasteiger partial charge in [-0.3, -0.25) is 9.59 Å². The van der Waals surface area contributed by atoms with Crippen molar-refractivity contribution in [2.45, 2.75) is 85.5 Å². The van der Waals surface area contributed by atoms with E-state index in [0.29, 0.717) is 24.8 Å². The average Bonchev–Trinajstić information content (AvgIpc) is 2.85. The minimum atomic E-state index is -0.970. The van der Waals surface area contributed by atoms with Crippen LogP contribution in [-0.4, -0.2) is 62.8 Å². The Kier molecular flexibility index (Phi) is 14.8. The molecular weight excluding hydrogens is 498 g/mol. The molecule has 0 aliphatic heterocycles. The van der Waals surface area contributed by atoms with Crippen LogP contribution < -0.4 is 14.8 Å². The Morgan fingerprint density at radius 2 is 1.45 bits per heavy atom. The molecule has 0 spiro atoms. The van der Waals surface area contributed by atoms with E-state index in [1.54, 1.807) is 19.9 Å². The van der Waals surface area contributed by atoms with Gasteiger partial charge in [-0.2, -0.15) is 0 Å². The lowest BCUT2D eigenvalue weighted by Gasteiger charge is -2.18. The van der Waals surface area contributed by atoms with Gasteiger partial charge in [-0.15, -0.1) is 0 Å². The van der Waals surface area contributed by atoms with E-state index in [1.807, 2.05) is 27.7 Å². The number of benzene rings is 1. The minimum absolute atomic E-state index is 0.0530. The molecule has 1 N–H and O–H groups in total. The fourth-order valence-corrected chi connectivity index (χ4v) is 2.97. The van der Waals surface area contributed by atoms with Crippen molar-refractivity contribution < 1.29 is 47.6 Å². The van der Waals surface area contributed by atoms with Gasteiger partial charge in [0.15, 0.2) is 11.5 Å². The number of methoxy groups -OCH3 is 1. The second-order valence-electron chi connectivity index (χ2n) is 9.21. The maximum atomic E-state index is 12.4. The van der Waals surface area contributed by atoms with Crippen molar-refractivity contribution in [2.24, 2.45) is 5.92 Å². The molecule has 0 radical (unpaired) electrons. The molecule has 1 aromatic rings. The second kappa shape index (κ2) is 17.2. The molecule has 214 valence electrons. The predicted molar refractivity (Wildman–Crippen MR) is 138 cm³/mol. The third-order valence-electron chi connectivity index (χ3n) is 5.40. The van der Waals surface area contributed by atoms with Crippen LogP contribution in [0.15, 0.2) is 18.2 Å². The summed E-state index contributed by atoms with van der Waals surface area (Å²) in [5, 5.41) is 3.01. The molecule has 38 heavy (non-hydrogen) atoms. The second-order valence-corrected chi connectivity index (χ2v) is 9.21. The molecule has 0 heterocycles. The van der Waals surface area contributed by atoms with E-state index in [4.69, 9.17) is 28.4 Å². The molecule has 0 aromatic heterocycles. The largest absolute Gasteiger partial charge is 0.514 e. The normalized spacial score (nSPS) is 13.2. The van der Waals surface area contributed by atoms with Crippen molar-refractivity contribution in [3.05, 3.63) is 23.8 Å². The maximum absolute atomic E-state index is 12.4. The van der Waals surface area contributed by atoms with Gasteiger partial charge in [0, 0.05) is 13.0 Å². The van der Waals surface area contributed by atoms with Crippen LogP contribution in [-0.2, 0) is 35.0 Å². The van der Waals surface area contributed by atoms with Crippen molar-refractivity contribution >= 4 is 24.2 Å². The Balaban J connectivity index is 3.02. The van der Waals surface area contributed by atoms with Gasteiger partial charge in [-0.25, -0.2) is 9.59 Å². The van der Waals surface area contributed by atoms with E-state index >= 15 is 0 Å². The molecule has 0 aliphatic carbocycles. The van der Waals surface area contributed by atoms with E-state index in [0.717, 1.165) is 0 Å². The van der Waals surface area contributed by atoms with Crippen molar-refractivity contribution in [2.75, 3.05) is 20.3 Å². The summed E-state index contributed by atoms with van der Waals surface area (Å²) >= 11 is 0. The summed E-state index contributed by atoms with van der Waals surface area (Å²) in [4.78, 5) is 48.6. The lowest BCUT2D eigenvalue weighted by atomic mass is 10.1. The number of esters is 2. The average molecular weight is 540 g/mol. The molecule has 1 rings (SSSR count). The number of rotatable bonds is 15. The van der Waals surface area contributed by atoms with Gasteiger partial charge >= 0.3 is 24.2 Å². The molecule has 2 unspecified atom stereocenters. The van der Waals surface area contributed by atoms with Crippen molar-refractivity contribution in [3.8, 4) is 11.5 Å². The zero-order valence-electron chi connectivity index (χ0n) is 23.4. The van der Waals surface area contributed by atoms with Gasteiger partial charge in [-0.05, 0) is 56.7 Å². The van der Waals surface area contributed by atoms with Gasteiger partial charge in [0.05, 0.1) is 7.11 Å². The summed E-state index contributed by atoms with van der Waals surface area (Å²) in [5.41, 5.74) is 0.568. The highest BCUT2D eigenvalue weighted by Gasteiger charge is 2.23. The highest BCUT2D eigenvalue weighted by Crippen LogP contribution is 2.30. The zero-order chi connectivity index (χ0) is 28.7. The van der Waals surface area contributed by atoms with Gasteiger partial charge in [-0.1, -0.05) is 33.8 Å². The van der Waals surface area contributed by atoms with Crippen molar-refractivity contribution in [1.29, 1.82) is 0 Å². The van der Waals surface area contributed by atoms with Crippen molar-refractivity contribution in [1.82, 2.24) is 5.32 Å². The Morgan fingerprint density at radius 3 is 1.97 bits per heavy atom. The SMILES string of the molecule is CCC(C)OC(=O)Oc1ccc(C[C@H](NCCOC(=O)CC(C)C)C(=O)OC)cc1OC(=O)OC(C)CC. The number of carbonyl (C=O) groups is 4. The lowest BCUT2D eigenvalue weighted by molar-refractivity contribution is -0.144. The van der Waals surface area contributed by atoms with E-state index in [1.165, 1.54) is 19.2 Å². The van der Waals surface area contributed by atoms with Crippen LogP contribution in [0.2, 0.25) is 0 Å². The third-order valence-corrected chi connectivity index (χ3v) is 5.40. The summed E-state index contributed by atoms with van der Waals surface area (Å²) in [6.07, 6.45) is -1.04. The fourth-order valence-electron chi connectivity index (χ4n) is 2.97. The number of hydrogen-bond donors (Lipinski definition) is 1. The minimum Gasteiger partial charge on any atom is -0.468 e. The Hall–Kier alpha value is -3.34. The highest BCUT2D eigenvalue weighted by atomic mass is 16.7. The van der Waals surface area contributed by atoms with Crippen molar-refractivity contribution in [3.63, 3.8) is 0 Å². The fraction of sp³-hybridized carbons (Fsp3) is 0.630. The smallest absolute Gasteiger partial charge is 0.468 e. The van der Waals surface area contributed by atoms with Gasteiger partial charge in [0.2, 0.25) is 0 Å². The van der Waals surface area contributed by atoms with E-state index in [-0.39, 0.29) is 55.2 Å². The summed E-state index contributed by atoms with van der Waals surface area (Å²) < 4.78 is 31.0. The first-order chi connectivity index (χ1) is 18.0. The molecule has 0 saturated carbocycles. The summed E-state index contributed by atoms with van der Waals surface area (Å²) in [5.74, 6) is -0.800. The molecule has 0 amide bonds. The van der Waals surface area contributed by atoms with E-state index in [2.05, 4.69) is 5.32 Å². The van der Waals surface area contributed by atoms with Gasteiger partial charge in [0.1, 0.15) is 24.9 Å². The van der Waals surface area contributed by atoms with Crippen LogP contribution in [0.4, 0.5) is 9.59 Å². The Labute approximate surface area is 224 Å². The third kappa shape index (κ3) is 12.8. The van der Waals surface area contributed by atoms with Crippen LogP contribution in [0, 0.1) is 5.92 Å². The monoisotopic (exact) mass is 539 g/mol. The van der Waals surface area contributed by atoms with E-state index < -0.39 is 24.3 Å². The highest BCUT2D eigenvalue weighted by molar-refractivity contribution is 5.76. The molecule has 0 bridgehead atoms. The first-order valence-corrected chi connectivity index (χ1v) is 12.9. The van der Waals surface area contributed by atoms with Crippen LogP contribution in [0.1, 0.15) is 66.4 Å². The van der Waals surface area contributed by atoms with Crippen LogP contribution in [0.25, 0.3) is 0 Å². The molecule has 1 aromatic carbocycles. The van der Waals surface area contributed by atoms with Gasteiger partial charge in [0.25, 0.3) is 0 Å². The Bertz CT molecular complexity index is 917. The van der Waals surface area contributed by atoms with Gasteiger partial charge < -0.3 is 33.7 Å². The summed E-state index contributed by atoms with van der Waals surface area (Å²) in [6, 6.07) is 3.72. The lowest BCUT2D eigenvalue weighted by Crippen LogP contribution is -2.41. The molecule has 11 heteroatoms. The molecule has 3 atom stereocenters. The molecule has 11 nitrogen and oxygen atoms in total. The molecular formula is C27H41NO10. The summed E-state index contributed by atoms with van der Waals surface area (Å²) in [6.45, 7) is 11.3. The quantitative estimate of drug-likeness (QED) is 0.145. The first-order valence-electron chi connectivity index (χ1n) is 12.9. The van der Waals surface area contributed by atoms with Crippen LogP contribution >= 0.6 is 0 Å². The predicted octanol–water partition coefficient (Wildman–Crippen LogP) is 4.58.